The second kappa shape index (κ2) is 7.72. The van der Waals surface area contributed by atoms with E-state index in [1.807, 2.05) is 0 Å². The first-order valence-corrected chi connectivity index (χ1v) is 9.44. The van der Waals surface area contributed by atoms with E-state index in [0.29, 0.717) is 35.3 Å². The number of sulfonamides is 1. The smallest absolute Gasteiger partial charge is 0.241 e. The summed E-state index contributed by atoms with van der Waals surface area (Å²) in [4.78, 5) is 0.256. The molecule has 0 atom stereocenters. The van der Waals surface area contributed by atoms with E-state index >= 15 is 0 Å². The van der Waals surface area contributed by atoms with Gasteiger partial charge in [0.1, 0.15) is 0 Å². The Labute approximate surface area is 136 Å². The van der Waals surface area contributed by atoms with Crippen molar-refractivity contribution < 1.29 is 8.42 Å². The summed E-state index contributed by atoms with van der Waals surface area (Å²) in [6.45, 7) is 9.30. The second-order valence-electron chi connectivity index (χ2n) is 5.97. The minimum absolute atomic E-state index is 0.256. The van der Waals surface area contributed by atoms with Crippen molar-refractivity contribution in [3.05, 3.63) is 28.2 Å². The molecule has 120 valence electrons. The number of nitrogens with one attached hydrogen (secondary N) is 1. The largest absolute Gasteiger partial charge is 0.326 e. The van der Waals surface area contributed by atoms with Gasteiger partial charge in [-0.1, -0.05) is 33.8 Å². The van der Waals surface area contributed by atoms with Crippen LogP contribution in [-0.4, -0.2) is 15.0 Å². The molecule has 4 nitrogen and oxygen atoms in total. The van der Waals surface area contributed by atoms with E-state index in [0.717, 1.165) is 5.56 Å². The average Bonchev–Trinajstić information content (AvgIpc) is 2.37. The van der Waals surface area contributed by atoms with Gasteiger partial charge in [-0.15, -0.1) is 0 Å². The highest BCUT2D eigenvalue weighted by Crippen LogP contribution is 2.24. The van der Waals surface area contributed by atoms with Crippen LogP contribution in [0, 0.1) is 17.8 Å². The molecule has 1 rings (SSSR count). The predicted octanol–water partition coefficient (Wildman–Crippen LogP) is 3.11. The molecule has 0 bridgehead atoms. The molecule has 0 spiro atoms. The van der Waals surface area contributed by atoms with Gasteiger partial charge in [-0.2, -0.15) is 0 Å². The highest BCUT2D eigenvalue weighted by molar-refractivity contribution is 9.10. The monoisotopic (exact) mass is 376 g/mol. The van der Waals surface area contributed by atoms with E-state index in [1.54, 1.807) is 18.2 Å². The molecule has 0 heterocycles. The van der Waals surface area contributed by atoms with Gasteiger partial charge >= 0.3 is 0 Å². The van der Waals surface area contributed by atoms with Crippen molar-refractivity contribution in [2.75, 3.05) is 6.54 Å². The summed E-state index contributed by atoms with van der Waals surface area (Å²) in [5, 5.41) is 0. The number of halogens is 1. The van der Waals surface area contributed by atoms with E-state index in [9.17, 15) is 8.42 Å². The van der Waals surface area contributed by atoms with Gasteiger partial charge in [0.05, 0.1) is 4.90 Å². The lowest BCUT2D eigenvalue weighted by atomic mass is 9.86. The Morgan fingerprint density at radius 2 is 1.76 bits per heavy atom. The fourth-order valence-corrected chi connectivity index (χ4v) is 4.61. The van der Waals surface area contributed by atoms with Crippen LogP contribution >= 0.6 is 15.9 Å². The van der Waals surface area contributed by atoms with Crippen LogP contribution in [0.15, 0.2) is 27.6 Å². The van der Waals surface area contributed by atoms with Crippen LogP contribution < -0.4 is 10.5 Å². The van der Waals surface area contributed by atoms with Crippen molar-refractivity contribution in [2.24, 2.45) is 23.5 Å². The van der Waals surface area contributed by atoms with E-state index in [-0.39, 0.29) is 4.90 Å². The summed E-state index contributed by atoms with van der Waals surface area (Å²) >= 11 is 3.31. The van der Waals surface area contributed by atoms with Crippen LogP contribution in [-0.2, 0) is 16.6 Å². The first-order chi connectivity index (χ1) is 9.69. The molecular weight excluding hydrogens is 352 g/mol. The summed E-state index contributed by atoms with van der Waals surface area (Å²) in [5.74, 6) is 1.16. The zero-order chi connectivity index (χ0) is 16.2. The Morgan fingerprint density at radius 1 is 1.19 bits per heavy atom. The van der Waals surface area contributed by atoms with Crippen molar-refractivity contribution in [1.82, 2.24) is 4.72 Å². The summed E-state index contributed by atoms with van der Waals surface area (Å²) in [6, 6.07) is 5.08. The second-order valence-corrected chi connectivity index (χ2v) is 8.56. The Balaban J connectivity index is 2.92. The van der Waals surface area contributed by atoms with Gasteiger partial charge < -0.3 is 5.73 Å². The predicted molar refractivity (Wildman–Crippen MR) is 90.4 cm³/mol. The zero-order valence-electron chi connectivity index (χ0n) is 13.1. The molecule has 0 aliphatic carbocycles. The Hall–Kier alpha value is -0.430. The summed E-state index contributed by atoms with van der Waals surface area (Å²) in [5.41, 5.74) is 6.45. The fraction of sp³-hybridized carbons (Fsp3) is 0.600. The highest BCUT2D eigenvalue weighted by atomic mass is 79.9. The van der Waals surface area contributed by atoms with E-state index in [2.05, 4.69) is 48.3 Å². The van der Waals surface area contributed by atoms with Crippen LogP contribution in [0.25, 0.3) is 0 Å². The van der Waals surface area contributed by atoms with Gasteiger partial charge in [0.2, 0.25) is 10.0 Å². The molecule has 0 radical (unpaired) electrons. The first kappa shape index (κ1) is 18.6. The summed E-state index contributed by atoms with van der Waals surface area (Å²) in [6.07, 6.45) is 0. The molecule has 0 amide bonds. The summed E-state index contributed by atoms with van der Waals surface area (Å²) in [7, 11) is -3.52. The van der Waals surface area contributed by atoms with Crippen LogP contribution in [0.3, 0.4) is 0 Å². The molecule has 0 aliphatic rings. The molecule has 3 N–H and O–H groups in total. The maximum Gasteiger partial charge on any atom is 0.241 e. The maximum absolute atomic E-state index is 12.4. The minimum atomic E-state index is -3.52. The molecule has 0 aromatic heterocycles. The molecule has 0 saturated carbocycles. The molecule has 0 fully saturated rings. The van der Waals surface area contributed by atoms with Crippen LogP contribution in [0.5, 0.6) is 0 Å². The number of hydrogen-bond donors (Lipinski definition) is 2. The number of hydrogen-bond acceptors (Lipinski definition) is 3. The van der Waals surface area contributed by atoms with E-state index in [1.165, 1.54) is 0 Å². The van der Waals surface area contributed by atoms with Crippen LogP contribution in [0.2, 0.25) is 0 Å². The number of benzene rings is 1. The van der Waals surface area contributed by atoms with E-state index < -0.39 is 10.0 Å². The Kier molecular flexibility index (Phi) is 6.84. The normalized spacial score (nSPS) is 12.6. The van der Waals surface area contributed by atoms with Gasteiger partial charge in [-0.05, 0) is 51.4 Å². The Morgan fingerprint density at radius 3 is 2.19 bits per heavy atom. The van der Waals surface area contributed by atoms with Crippen molar-refractivity contribution in [1.29, 1.82) is 0 Å². The Bertz CT molecular complexity index is 563. The SMILES string of the molecule is CC(C)C(CNS(=O)(=O)c1ccc(CN)cc1Br)C(C)C. The molecule has 0 aliphatic heterocycles. The lowest BCUT2D eigenvalue weighted by Gasteiger charge is -2.25. The van der Waals surface area contributed by atoms with Crippen LogP contribution in [0.1, 0.15) is 33.3 Å². The average molecular weight is 377 g/mol. The summed E-state index contributed by atoms with van der Waals surface area (Å²) < 4.78 is 28.1. The van der Waals surface area contributed by atoms with Gasteiger partial charge in [0.25, 0.3) is 0 Å². The van der Waals surface area contributed by atoms with Crippen LogP contribution in [0.4, 0.5) is 0 Å². The minimum Gasteiger partial charge on any atom is -0.326 e. The molecule has 1 aromatic rings. The third-order valence-electron chi connectivity index (χ3n) is 3.74. The molecule has 0 unspecified atom stereocenters. The van der Waals surface area contributed by atoms with E-state index in [4.69, 9.17) is 5.73 Å². The van der Waals surface area contributed by atoms with Gasteiger partial charge in [-0.3, -0.25) is 0 Å². The van der Waals surface area contributed by atoms with Gasteiger partial charge in [0, 0.05) is 17.6 Å². The van der Waals surface area contributed by atoms with Crippen molar-refractivity contribution >= 4 is 26.0 Å². The quantitative estimate of drug-likeness (QED) is 0.767. The van der Waals surface area contributed by atoms with Crippen molar-refractivity contribution in [3.8, 4) is 0 Å². The number of nitrogens with two attached hydrogens (primary N) is 1. The molecule has 21 heavy (non-hydrogen) atoms. The topological polar surface area (TPSA) is 72.2 Å². The molecule has 6 heteroatoms. The first-order valence-electron chi connectivity index (χ1n) is 7.17. The highest BCUT2D eigenvalue weighted by Gasteiger charge is 2.23. The third kappa shape index (κ3) is 5.06. The molecular formula is C15H25BrN2O2S. The third-order valence-corrected chi connectivity index (χ3v) is 6.14. The van der Waals surface area contributed by atoms with Crippen molar-refractivity contribution in [2.45, 2.75) is 39.1 Å². The fourth-order valence-electron chi connectivity index (χ4n) is 2.41. The molecule has 1 aromatic carbocycles. The standard InChI is InChI=1S/C15H25BrN2O2S/c1-10(2)13(11(3)4)9-18-21(19,20)15-6-5-12(8-17)7-14(15)16/h5-7,10-11,13,18H,8-9,17H2,1-4H3. The molecule has 0 saturated heterocycles. The number of rotatable bonds is 7. The zero-order valence-corrected chi connectivity index (χ0v) is 15.5. The maximum atomic E-state index is 12.4. The van der Waals surface area contributed by atoms with Crippen molar-refractivity contribution in [3.63, 3.8) is 0 Å². The lowest BCUT2D eigenvalue weighted by molar-refractivity contribution is 0.289. The van der Waals surface area contributed by atoms with Gasteiger partial charge in [-0.25, -0.2) is 13.1 Å². The van der Waals surface area contributed by atoms with Gasteiger partial charge in [0.15, 0.2) is 0 Å². The lowest BCUT2D eigenvalue weighted by Crippen LogP contribution is -2.34.